The Hall–Kier alpha value is -3.52. The Kier molecular flexibility index (Phi) is 4.36. The lowest BCUT2D eigenvalue weighted by Crippen LogP contribution is -2.16. The molecular formula is C28H24N2. The zero-order chi connectivity index (χ0) is 20.7. The van der Waals surface area contributed by atoms with E-state index in [2.05, 4.69) is 106 Å². The molecule has 0 aliphatic rings. The molecule has 0 spiro atoms. The van der Waals surface area contributed by atoms with Gasteiger partial charge >= 0.3 is 0 Å². The first kappa shape index (κ1) is 18.5. The molecule has 0 saturated heterocycles. The maximum Gasteiger partial charge on any atom is 0.0972 e. The molecule has 5 aromatic rings. The van der Waals surface area contributed by atoms with Crippen molar-refractivity contribution in [3.05, 3.63) is 96.7 Å². The highest BCUT2D eigenvalue weighted by Crippen LogP contribution is 2.35. The smallest absolute Gasteiger partial charge is 0.0972 e. The van der Waals surface area contributed by atoms with Gasteiger partial charge in [0.1, 0.15) is 0 Å². The van der Waals surface area contributed by atoms with Crippen LogP contribution in [0, 0.1) is 0 Å². The van der Waals surface area contributed by atoms with Crippen LogP contribution in [-0.4, -0.2) is 9.97 Å². The molecule has 5 rings (SSSR count). The summed E-state index contributed by atoms with van der Waals surface area (Å²) in [4.78, 5) is 10.3. The molecule has 146 valence electrons. The molecule has 30 heavy (non-hydrogen) atoms. The molecule has 0 N–H and O–H groups in total. The first-order valence-corrected chi connectivity index (χ1v) is 10.4. The molecule has 2 nitrogen and oxygen atoms in total. The Morgan fingerprint density at radius 1 is 0.600 bits per heavy atom. The number of hydrogen-bond donors (Lipinski definition) is 0. The van der Waals surface area contributed by atoms with Crippen LogP contribution in [0.2, 0.25) is 0 Å². The normalized spacial score (nSPS) is 11.8. The van der Waals surface area contributed by atoms with Gasteiger partial charge < -0.3 is 0 Å². The fourth-order valence-electron chi connectivity index (χ4n) is 3.99. The van der Waals surface area contributed by atoms with Crippen LogP contribution >= 0.6 is 0 Å². The maximum atomic E-state index is 5.21. The molecule has 0 radical (unpaired) electrons. The number of aromatic nitrogens is 2. The van der Waals surface area contributed by atoms with Crippen molar-refractivity contribution in [3.63, 3.8) is 0 Å². The van der Waals surface area contributed by atoms with Crippen LogP contribution in [0.5, 0.6) is 0 Å². The molecule has 0 amide bonds. The third kappa shape index (κ3) is 3.25. The fourth-order valence-corrected chi connectivity index (χ4v) is 3.99. The summed E-state index contributed by atoms with van der Waals surface area (Å²) in [6, 6.07) is 31.7. The second kappa shape index (κ2) is 7.07. The van der Waals surface area contributed by atoms with Gasteiger partial charge in [-0.05, 0) is 28.6 Å². The number of hydrogen-bond acceptors (Lipinski definition) is 2. The number of fused-ring (bicyclic) bond motifs is 3. The molecule has 0 atom stereocenters. The van der Waals surface area contributed by atoms with Crippen molar-refractivity contribution >= 4 is 21.8 Å². The van der Waals surface area contributed by atoms with Crippen molar-refractivity contribution in [2.75, 3.05) is 0 Å². The van der Waals surface area contributed by atoms with Crippen LogP contribution in [0.4, 0.5) is 0 Å². The summed E-state index contributed by atoms with van der Waals surface area (Å²) < 4.78 is 0. The molecule has 0 unspecified atom stereocenters. The summed E-state index contributed by atoms with van der Waals surface area (Å²) in [7, 11) is 0. The molecule has 0 aliphatic heterocycles. The van der Waals surface area contributed by atoms with Crippen molar-refractivity contribution in [1.82, 2.24) is 9.97 Å². The highest BCUT2D eigenvalue weighted by molar-refractivity contribution is 6.04. The topological polar surface area (TPSA) is 25.8 Å². The fraction of sp³-hybridized carbons (Fsp3) is 0.143. The van der Waals surface area contributed by atoms with Gasteiger partial charge in [-0.1, -0.05) is 99.6 Å². The minimum Gasteiger partial charge on any atom is -0.248 e. The van der Waals surface area contributed by atoms with E-state index in [1.165, 1.54) is 16.5 Å². The largest absolute Gasteiger partial charge is 0.248 e. The maximum absolute atomic E-state index is 5.21. The Labute approximate surface area is 177 Å². The van der Waals surface area contributed by atoms with E-state index in [0.29, 0.717) is 0 Å². The molecule has 0 saturated carbocycles. The summed E-state index contributed by atoms with van der Waals surface area (Å²) in [5.74, 6) is 0. The average Bonchev–Trinajstić information content (AvgIpc) is 2.78. The molecule has 4 aromatic carbocycles. The minimum atomic E-state index is -0.120. The van der Waals surface area contributed by atoms with E-state index in [4.69, 9.17) is 9.97 Å². The molecule has 0 bridgehead atoms. The van der Waals surface area contributed by atoms with Crippen molar-refractivity contribution in [2.24, 2.45) is 0 Å². The van der Waals surface area contributed by atoms with Crippen LogP contribution in [0.1, 0.15) is 26.5 Å². The quantitative estimate of drug-likeness (QED) is 0.294. The van der Waals surface area contributed by atoms with E-state index in [-0.39, 0.29) is 5.41 Å². The van der Waals surface area contributed by atoms with Gasteiger partial charge in [-0.15, -0.1) is 0 Å². The van der Waals surface area contributed by atoms with Crippen LogP contribution in [0.3, 0.4) is 0 Å². The highest BCUT2D eigenvalue weighted by Gasteiger charge is 2.23. The van der Waals surface area contributed by atoms with Gasteiger partial charge in [-0.25, -0.2) is 9.97 Å². The lowest BCUT2D eigenvalue weighted by Gasteiger charge is -2.22. The van der Waals surface area contributed by atoms with Crippen LogP contribution in [-0.2, 0) is 5.41 Å². The molecule has 1 heterocycles. The molecule has 0 fully saturated rings. The standard InChI is InChI=1S/C28H24N2/c1-28(2,3)27-25(22-14-9-13-21(18-22)19-10-5-4-6-11-19)30-26-23-15-8-7-12-20(23)16-17-24(26)29-27/h4-18H,1-3H3. The molecule has 1 aromatic heterocycles. The zero-order valence-electron chi connectivity index (χ0n) is 17.6. The highest BCUT2D eigenvalue weighted by atomic mass is 14.8. The van der Waals surface area contributed by atoms with Gasteiger partial charge in [0, 0.05) is 16.4 Å². The third-order valence-corrected chi connectivity index (χ3v) is 5.51. The Bertz CT molecular complexity index is 1360. The Morgan fingerprint density at radius 2 is 1.30 bits per heavy atom. The van der Waals surface area contributed by atoms with Gasteiger partial charge in [0.2, 0.25) is 0 Å². The molecule has 2 heteroatoms. The van der Waals surface area contributed by atoms with Crippen LogP contribution in [0.15, 0.2) is 91.0 Å². The summed E-state index contributed by atoms with van der Waals surface area (Å²) in [5, 5.41) is 2.33. The first-order valence-electron chi connectivity index (χ1n) is 10.4. The number of nitrogens with zero attached hydrogens (tertiary/aromatic N) is 2. The van der Waals surface area contributed by atoms with Crippen LogP contribution in [0.25, 0.3) is 44.2 Å². The monoisotopic (exact) mass is 388 g/mol. The zero-order valence-corrected chi connectivity index (χ0v) is 17.6. The van der Waals surface area contributed by atoms with E-state index in [1.807, 2.05) is 6.07 Å². The summed E-state index contributed by atoms with van der Waals surface area (Å²) in [5.41, 5.74) is 7.26. The van der Waals surface area contributed by atoms with E-state index in [0.717, 1.165) is 33.4 Å². The predicted molar refractivity (Wildman–Crippen MR) is 127 cm³/mol. The SMILES string of the molecule is CC(C)(C)c1nc2ccc3ccccc3c2nc1-c1cccc(-c2ccccc2)c1. The van der Waals surface area contributed by atoms with Crippen molar-refractivity contribution < 1.29 is 0 Å². The Morgan fingerprint density at radius 3 is 2.10 bits per heavy atom. The van der Waals surface area contributed by atoms with Gasteiger partial charge in [0.25, 0.3) is 0 Å². The number of rotatable bonds is 2. The summed E-state index contributed by atoms with van der Waals surface area (Å²) in [6.45, 7) is 6.61. The molecular weight excluding hydrogens is 364 g/mol. The van der Waals surface area contributed by atoms with E-state index < -0.39 is 0 Å². The lowest BCUT2D eigenvalue weighted by atomic mass is 9.87. The number of benzene rings is 4. The van der Waals surface area contributed by atoms with Gasteiger partial charge in [-0.2, -0.15) is 0 Å². The second-order valence-corrected chi connectivity index (χ2v) is 8.77. The van der Waals surface area contributed by atoms with Gasteiger partial charge in [-0.3, -0.25) is 0 Å². The van der Waals surface area contributed by atoms with Gasteiger partial charge in [0.15, 0.2) is 0 Å². The van der Waals surface area contributed by atoms with Gasteiger partial charge in [0.05, 0.1) is 22.4 Å². The van der Waals surface area contributed by atoms with Crippen molar-refractivity contribution in [2.45, 2.75) is 26.2 Å². The van der Waals surface area contributed by atoms with Crippen molar-refractivity contribution in [3.8, 4) is 22.4 Å². The molecule has 0 aliphatic carbocycles. The van der Waals surface area contributed by atoms with E-state index in [1.54, 1.807) is 0 Å². The van der Waals surface area contributed by atoms with E-state index >= 15 is 0 Å². The second-order valence-electron chi connectivity index (χ2n) is 8.77. The average molecular weight is 389 g/mol. The summed E-state index contributed by atoms with van der Waals surface area (Å²) in [6.07, 6.45) is 0. The predicted octanol–water partition coefficient (Wildman–Crippen LogP) is 7.41. The Balaban J connectivity index is 1.80. The first-order chi connectivity index (χ1) is 14.5. The lowest BCUT2D eigenvalue weighted by molar-refractivity contribution is 0.571. The summed E-state index contributed by atoms with van der Waals surface area (Å²) >= 11 is 0. The third-order valence-electron chi connectivity index (χ3n) is 5.51. The van der Waals surface area contributed by atoms with Crippen molar-refractivity contribution in [1.29, 1.82) is 0 Å². The minimum absolute atomic E-state index is 0.120. The van der Waals surface area contributed by atoms with Crippen LogP contribution < -0.4 is 0 Å². The van der Waals surface area contributed by atoms with E-state index in [9.17, 15) is 0 Å².